The third kappa shape index (κ3) is 1.89. The number of hydrogen-bond donors (Lipinski definition) is 3. The predicted octanol–water partition coefficient (Wildman–Crippen LogP) is 1.31. The van der Waals surface area contributed by atoms with Gasteiger partial charge in [-0.05, 0) is 29.3 Å². The number of primary amides is 1. The molecule has 0 spiro atoms. The van der Waals surface area contributed by atoms with Crippen LogP contribution >= 0.6 is 0 Å². The molecular formula is C13H11N5O. The van der Waals surface area contributed by atoms with Crippen molar-refractivity contribution in [2.75, 3.05) is 5.73 Å². The van der Waals surface area contributed by atoms with Gasteiger partial charge in [-0.15, -0.1) is 0 Å². The molecule has 6 heteroatoms. The molecule has 19 heavy (non-hydrogen) atoms. The van der Waals surface area contributed by atoms with Crippen LogP contribution in [0, 0.1) is 0 Å². The zero-order chi connectivity index (χ0) is 13.4. The van der Waals surface area contributed by atoms with Gasteiger partial charge in [0.15, 0.2) is 5.65 Å². The third-order valence-electron chi connectivity index (χ3n) is 2.87. The number of hydrogen-bond acceptors (Lipinski definition) is 4. The predicted molar refractivity (Wildman–Crippen MR) is 72.3 cm³/mol. The smallest absolute Gasteiger partial charge is 0.267 e. The van der Waals surface area contributed by atoms with Gasteiger partial charge in [0.1, 0.15) is 5.69 Å². The minimum atomic E-state index is -0.582. The monoisotopic (exact) mass is 253 g/mol. The van der Waals surface area contributed by atoms with Crippen LogP contribution in [0.15, 0.2) is 36.5 Å². The average molecular weight is 253 g/mol. The number of nitrogens with one attached hydrogen (secondary N) is 1. The second-order valence-electron chi connectivity index (χ2n) is 4.18. The SMILES string of the molecule is NC(=O)c1cc(-c2cccc(N)c2)c2cn[nH]c2n1. The Bertz CT molecular complexity index is 778. The van der Waals surface area contributed by atoms with Crippen LogP contribution in [0.5, 0.6) is 0 Å². The lowest BCUT2D eigenvalue weighted by Crippen LogP contribution is -2.13. The van der Waals surface area contributed by atoms with Crippen molar-refractivity contribution < 1.29 is 4.79 Å². The number of benzene rings is 1. The standard InChI is InChI=1S/C13H11N5O/c14-8-3-1-2-7(4-8)9-5-11(12(15)19)17-13-10(9)6-16-18-13/h1-6H,14H2,(H2,15,19)(H,16,17,18). The minimum absolute atomic E-state index is 0.189. The van der Waals surface area contributed by atoms with Crippen molar-refractivity contribution in [2.45, 2.75) is 0 Å². The van der Waals surface area contributed by atoms with E-state index in [1.54, 1.807) is 18.3 Å². The van der Waals surface area contributed by atoms with Gasteiger partial charge in [0.25, 0.3) is 5.91 Å². The Morgan fingerprint density at radius 2 is 2.11 bits per heavy atom. The van der Waals surface area contributed by atoms with E-state index in [9.17, 15) is 4.79 Å². The van der Waals surface area contributed by atoms with Crippen molar-refractivity contribution >= 4 is 22.6 Å². The number of nitrogens with two attached hydrogens (primary N) is 2. The van der Waals surface area contributed by atoms with Crippen LogP contribution in [0.2, 0.25) is 0 Å². The van der Waals surface area contributed by atoms with Crippen LogP contribution < -0.4 is 11.5 Å². The molecule has 6 nitrogen and oxygen atoms in total. The molecule has 0 bridgehead atoms. The van der Waals surface area contributed by atoms with Crippen molar-refractivity contribution in [2.24, 2.45) is 5.73 Å². The first-order valence-electron chi connectivity index (χ1n) is 5.65. The fraction of sp³-hybridized carbons (Fsp3) is 0. The van der Waals surface area contributed by atoms with Gasteiger partial charge in [-0.25, -0.2) is 4.98 Å². The first-order chi connectivity index (χ1) is 9.15. The third-order valence-corrected chi connectivity index (χ3v) is 2.87. The number of aromatic nitrogens is 3. The Kier molecular flexibility index (Phi) is 2.42. The molecule has 0 atom stereocenters. The van der Waals surface area contributed by atoms with E-state index in [2.05, 4.69) is 15.2 Å². The van der Waals surface area contributed by atoms with Gasteiger partial charge in [0, 0.05) is 11.1 Å². The van der Waals surface area contributed by atoms with Crippen LogP contribution in [0.1, 0.15) is 10.5 Å². The molecular weight excluding hydrogens is 242 g/mol. The lowest BCUT2D eigenvalue weighted by Gasteiger charge is -2.06. The van der Waals surface area contributed by atoms with E-state index in [4.69, 9.17) is 11.5 Å². The molecule has 0 aliphatic heterocycles. The number of nitrogens with zero attached hydrogens (tertiary/aromatic N) is 2. The molecule has 0 unspecified atom stereocenters. The number of pyridine rings is 1. The molecule has 3 aromatic rings. The van der Waals surface area contributed by atoms with Gasteiger partial charge >= 0.3 is 0 Å². The summed E-state index contributed by atoms with van der Waals surface area (Å²) < 4.78 is 0. The molecule has 1 aromatic carbocycles. The fourth-order valence-electron chi connectivity index (χ4n) is 2.00. The van der Waals surface area contributed by atoms with Gasteiger partial charge < -0.3 is 11.5 Å². The second-order valence-corrected chi connectivity index (χ2v) is 4.18. The van der Waals surface area contributed by atoms with Crippen molar-refractivity contribution in [3.05, 3.63) is 42.2 Å². The maximum atomic E-state index is 11.3. The summed E-state index contributed by atoms with van der Waals surface area (Å²) in [6.45, 7) is 0. The topological polar surface area (TPSA) is 111 Å². The van der Waals surface area contributed by atoms with Gasteiger partial charge in [0.2, 0.25) is 0 Å². The molecule has 2 heterocycles. The molecule has 1 amide bonds. The highest BCUT2D eigenvalue weighted by Crippen LogP contribution is 2.28. The van der Waals surface area contributed by atoms with Crippen molar-refractivity contribution in [1.29, 1.82) is 0 Å². The molecule has 0 aliphatic rings. The number of amides is 1. The van der Waals surface area contributed by atoms with E-state index < -0.39 is 5.91 Å². The van der Waals surface area contributed by atoms with Gasteiger partial charge in [-0.3, -0.25) is 9.89 Å². The quantitative estimate of drug-likeness (QED) is 0.598. The highest BCUT2D eigenvalue weighted by molar-refractivity contribution is 5.99. The molecule has 5 N–H and O–H groups in total. The zero-order valence-electron chi connectivity index (χ0n) is 9.92. The van der Waals surface area contributed by atoms with Gasteiger partial charge in [-0.2, -0.15) is 5.10 Å². The van der Waals surface area contributed by atoms with Crippen LogP contribution in [0.4, 0.5) is 5.69 Å². The highest BCUT2D eigenvalue weighted by atomic mass is 16.1. The number of carbonyl (C=O) groups excluding carboxylic acids is 1. The van der Waals surface area contributed by atoms with Crippen molar-refractivity contribution in [3.63, 3.8) is 0 Å². The number of anilines is 1. The van der Waals surface area contributed by atoms with Gasteiger partial charge in [-0.1, -0.05) is 12.1 Å². The van der Waals surface area contributed by atoms with E-state index in [0.29, 0.717) is 11.3 Å². The Morgan fingerprint density at radius 1 is 1.26 bits per heavy atom. The molecule has 2 aromatic heterocycles. The van der Waals surface area contributed by atoms with Crippen LogP contribution in [0.3, 0.4) is 0 Å². The fourth-order valence-corrected chi connectivity index (χ4v) is 2.00. The molecule has 0 aliphatic carbocycles. The summed E-state index contributed by atoms with van der Waals surface area (Å²) in [5.74, 6) is -0.582. The molecule has 0 radical (unpaired) electrons. The van der Waals surface area contributed by atoms with Crippen molar-refractivity contribution in [1.82, 2.24) is 15.2 Å². The number of fused-ring (bicyclic) bond motifs is 1. The number of nitrogen functional groups attached to an aromatic ring is 1. The van der Waals surface area contributed by atoms with E-state index in [-0.39, 0.29) is 5.69 Å². The first kappa shape index (κ1) is 11.2. The van der Waals surface area contributed by atoms with Gasteiger partial charge in [0.05, 0.1) is 6.20 Å². The summed E-state index contributed by atoms with van der Waals surface area (Å²) in [4.78, 5) is 15.4. The normalized spacial score (nSPS) is 10.7. The van der Waals surface area contributed by atoms with Crippen LogP contribution in [0.25, 0.3) is 22.2 Å². The van der Waals surface area contributed by atoms with E-state index in [1.165, 1.54) is 0 Å². The molecule has 0 fully saturated rings. The Labute approximate surface area is 108 Å². The summed E-state index contributed by atoms with van der Waals surface area (Å²) >= 11 is 0. The number of aromatic amines is 1. The van der Waals surface area contributed by atoms with Crippen molar-refractivity contribution in [3.8, 4) is 11.1 Å². The maximum absolute atomic E-state index is 11.3. The Morgan fingerprint density at radius 3 is 2.84 bits per heavy atom. The molecule has 94 valence electrons. The van der Waals surface area contributed by atoms with E-state index >= 15 is 0 Å². The lowest BCUT2D eigenvalue weighted by atomic mass is 10.0. The second kappa shape index (κ2) is 4.09. The summed E-state index contributed by atoms with van der Waals surface area (Å²) in [6.07, 6.45) is 1.66. The molecule has 3 rings (SSSR count). The first-order valence-corrected chi connectivity index (χ1v) is 5.65. The average Bonchev–Trinajstić information content (AvgIpc) is 2.85. The Balaban J connectivity index is 2.32. The maximum Gasteiger partial charge on any atom is 0.267 e. The minimum Gasteiger partial charge on any atom is -0.399 e. The summed E-state index contributed by atoms with van der Waals surface area (Å²) in [5, 5.41) is 7.49. The number of rotatable bonds is 2. The Hall–Kier alpha value is -2.89. The van der Waals surface area contributed by atoms with E-state index in [0.717, 1.165) is 16.5 Å². The number of carbonyl (C=O) groups is 1. The molecule has 0 saturated carbocycles. The van der Waals surface area contributed by atoms with E-state index in [1.807, 2.05) is 18.2 Å². The number of H-pyrrole nitrogens is 1. The molecule has 0 saturated heterocycles. The summed E-state index contributed by atoms with van der Waals surface area (Å²) in [7, 11) is 0. The summed E-state index contributed by atoms with van der Waals surface area (Å²) in [5.41, 5.74) is 14.1. The largest absolute Gasteiger partial charge is 0.399 e. The zero-order valence-corrected chi connectivity index (χ0v) is 9.92. The van der Waals surface area contributed by atoms with Crippen LogP contribution in [-0.2, 0) is 0 Å². The lowest BCUT2D eigenvalue weighted by molar-refractivity contribution is 0.0996. The highest BCUT2D eigenvalue weighted by Gasteiger charge is 2.12. The summed E-state index contributed by atoms with van der Waals surface area (Å²) in [6, 6.07) is 9.03. The van der Waals surface area contributed by atoms with Crippen LogP contribution in [-0.4, -0.2) is 21.1 Å².